The lowest BCUT2D eigenvalue weighted by Crippen LogP contribution is -2.16. The van der Waals surface area contributed by atoms with Crippen LogP contribution in [0.3, 0.4) is 0 Å². The van der Waals surface area contributed by atoms with Crippen molar-refractivity contribution in [1.82, 2.24) is 9.38 Å². The van der Waals surface area contributed by atoms with Gasteiger partial charge in [-0.3, -0.25) is 14.0 Å². The Bertz CT molecular complexity index is 970. The predicted octanol–water partition coefficient (Wildman–Crippen LogP) is 2.75. The van der Waals surface area contributed by atoms with Gasteiger partial charge in [-0.15, -0.1) is 0 Å². The minimum absolute atomic E-state index is 0.154. The highest BCUT2D eigenvalue weighted by molar-refractivity contribution is 6.12. The molecule has 0 saturated heterocycles. The molecule has 0 radical (unpaired) electrons. The third kappa shape index (κ3) is 2.04. The van der Waals surface area contributed by atoms with Crippen LogP contribution in [0.1, 0.15) is 27.3 Å². The van der Waals surface area contributed by atoms with E-state index in [9.17, 15) is 18.4 Å². The van der Waals surface area contributed by atoms with Gasteiger partial charge in [0.1, 0.15) is 17.3 Å². The zero-order valence-corrected chi connectivity index (χ0v) is 11.9. The molecule has 0 atom stereocenters. The molecule has 0 aliphatic carbocycles. The number of nitrogens with zero attached hydrogens (tertiary/aromatic N) is 1. The molecule has 0 unspecified atom stereocenters. The van der Waals surface area contributed by atoms with Crippen molar-refractivity contribution in [2.75, 3.05) is 0 Å². The molecule has 0 fully saturated rings. The minimum Gasteiger partial charge on any atom is -0.343 e. The highest BCUT2D eigenvalue weighted by Gasteiger charge is 2.20. The van der Waals surface area contributed by atoms with E-state index in [1.807, 2.05) is 0 Å². The zero-order valence-electron chi connectivity index (χ0n) is 11.9. The molecule has 1 N–H and O–H groups in total. The molecular formula is C16H12F2N2O2. The first-order valence-corrected chi connectivity index (χ1v) is 6.61. The molecule has 2 heterocycles. The standard InChI is InChI=1S/C16H12F2N2O2/c1-8-9(2)20-14(21)6-5-12(16(20)19-8)15(22)11-4-3-10(17)7-13(11)18/h3-7,19H,1-2H3. The van der Waals surface area contributed by atoms with Gasteiger partial charge in [0, 0.05) is 23.5 Å². The van der Waals surface area contributed by atoms with Crippen LogP contribution in [0, 0.1) is 25.5 Å². The summed E-state index contributed by atoms with van der Waals surface area (Å²) in [6, 6.07) is 5.37. The van der Waals surface area contributed by atoms with Crippen LogP contribution in [0.25, 0.3) is 5.65 Å². The first-order chi connectivity index (χ1) is 10.4. The van der Waals surface area contributed by atoms with Gasteiger partial charge in [0.05, 0.1) is 11.1 Å². The number of rotatable bonds is 2. The Morgan fingerprint density at radius 2 is 1.77 bits per heavy atom. The number of nitrogens with one attached hydrogen (secondary N) is 1. The monoisotopic (exact) mass is 302 g/mol. The molecule has 1 aromatic carbocycles. The maximum Gasteiger partial charge on any atom is 0.256 e. The maximum absolute atomic E-state index is 13.8. The molecule has 2 aromatic heterocycles. The van der Waals surface area contributed by atoms with Crippen LogP contribution < -0.4 is 5.56 Å². The van der Waals surface area contributed by atoms with E-state index in [4.69, 9.17) is 0 Å². The third-order valence-electron chi connectivity index (χ3n) is 3.70. The number of carbonyl (C=O) groups excluding carboxylic acids is 1. The highest BCUT2D eigenvalue weighted by Crippen LogP contribution is 2.19. The summed E-state index contributed by atoms with van der Waals surface area (Å²) in [6.07, 6.45) is 0. The number of pyridine rings is 1. The minimum atomic E-state index is -0.936. The molecule has 22 heavy (non-hydrogen) atoms. The van der Waals surface area contributed by atoms with Gasteiger partial charge in [0.2, 0.25) is 0 Å². The topological polar surface area (TPSA) is 54.3 Å². The number of aryl methyl sites for hydroxylation is 2. The van der Waals surface area contributed by atoms with Crippen molar-refractivity contribution in [2.45, 2.75) is 13.8 Å². The van der Waals surface area contributed by atoms with Crippen molar-refractivity contribution in [3.05, 3.63) is 74.8 Å². The molecule has 0 aliphatic heterocycles. The number of fused-ring (bicyclic) bond motifs is 1. The van der Waals surface area contributed by atoms with Crippen LogP contribution in [-0.4, -0.2) is 15.2 Å². The summed E-state index contributed by atoms with van der Waals surface area (Å²) in [4.78, 5) is 27.4. The van der Waals surface area contributed by atoms with Gasteiger partial charge in [0.25, 0.3) is 5.56 Å². The Morgan fingerprint density at radius 3 is 2.45 bits per heavy atom. The maximum atomic E-state index is 13.8. The number of benzene rings is 1. The average Bonchev–Trinajstić information content (AvgIpc) is 2.75. The van der Waals surface area contributed by atoms with Gasteiger partial charge in [-0.25, -0.2) is 8.78 Å². The number of hydrogen-bond donors (Lipinski definition) is 1. The van der Waals surface area contributed by atoms with Crippen LogP contribution in [0.5, 0.6) is 0 Å². The second-order valence-corrected chi connectivity index (χ2v) is 5.06. The molecule has 0 amide bonds. The number of H-pyrrole nitrogens is 1. The Hall–Kier alpha value is -2.76. The van der Waals surface area contributed by atoms with E-state index in [0.29, 0.717) is 17.4 Å². The van der Waals surface area contributed by atoms with E-state index in [1.54, 1.807) is 13.8 Å². The second-order valence-electron chi connectivity index (χ2n) is 5.06. The molecule has 6 heteroatoms. The second kappa shape index (κ2) is 4.91. The zero-order chi connectivity index (χ0) is 16.0. The van der Waals surface area contributed by atoms with E-state index in [-0.39, 0.29) is 16.7 Å². The van der Waals surface area contributed by atoms with Crippen molar-refractivity contribution >= 4 is 11.4 Å². The lowest BCUT2D eigenvalue weighted by atomic mass is 10.0. The van der Waals surface area contributed by atoms with Crippen molar-refractivity contribution < 1.29 is 13.6 Å². The fraction of sp³-hybridized carbons (Fsp3) is 0.125. The molecule has 0 spiro atoms. The fourth-order valence-electron chi connectivity index (χ4n) is 2.43. The van der Waals surface area contributed by atoms with Crippen LogP contribution in [0.4, 0.5) is 8.78 Å². The van der Waals surface area contributed by atoms with Gasteiger partial charge >= 0.3 is 0 Å². The van der Waals surface area contributed by atoms with Gasteiger partial charge in [-0.1, -0.05) is 0 Å². The fourth-order valence-corrected chi connectivity index (χ4v) is 2.43. The molecule has 0 aliphatic rings. The van der Waals surface area contributed by atoms with E-state index in [2.05, 4.69) is 4.98 Å². The van der Waals surface area contributed by atoms with Crippen LogP contribution in [0.2, 0.25) is 0 Å². The smallest absolute Gasteiger partial charge is 0.256 e. The van der Waals surface area contributed by atoms with E-state index < -0.39 is 17.4 Å². The van der Waals surface area contributed by atoms with E-state index in [1.165, 1.54) is 16.5 Å². The van der Waals surface area contributed by atoms with Crippen molar-refractivity contribution in [2.24, 2.45) is 0 Å². The van der Waals surface area contributed by atoms with Gasteiger partial charge in [-0.05, 0) is 32.0 Å². The van der Waals surface area contributed by atoms with Crippen molar-refractivity contribution in [1.29, 1.82) is 0 Å². The number of carbonyl (C=O) groups is 1. The number of ketones is 1. The summed E-state index contributed by atoms with van der Waals surface area (Å²) in [6.45, 7) is 3.52. The summed E-state index contributed by atoms with van der Waals surface area (Å²) in [7, 11) is 0. The van der Waals surface area contributed by atoms with Crippen molar-refractivity contribution in [3.8, 4) is 0 Å². The Kier molecular flexibility index (Phi) is 3.16. The molecule has 4 nitrogen and oxygen atoms in total. The Labute approximate surface area is 124 Å². The summed E-state index contributed by atoms with van der Waals surface area (Å²) in [5.74, 6) is -2.30. The number of aromatic amines is 1. The summed E-state index contributed by atoms with van der Waals surface area (Å²) in [5.41, 5.74) is 1.34. The van der Waals surface area contributed by atoms with E-state index in [0.717, 1.165) is 17.8 Å². The molecule has 112 valence electrons. The molecule has 3 aromatic rings. The summed E-state index contributed by atoms with van der Waals surface area (Å²) in [5, 5.41) is 0. The molecule has 0 saturated carbocycles. The molecule has 3 rings (SSSR count). The van der Waals surface area contributed by atoms with E-state index >= 15 is 0 Å². The lowest BCUT2D eigenvalue weighted by molar-refractivity contribution is 0.103. The predicted molar refractivity (Wildman–Crippen MR) is 77.3 cm³/mol. The number of aromatic nitrogens is 2. The average molecular weight is 302 g/mol. The summed E-state index contributed by atoms with van der Waals surface area (Å²) >= 11 is 0. The molecular weight excluding hydrogens is 290 g/mol. The van der Waals surface area contributed by atoms with Crippen LogP contribution in [-0.2, 0) is 0 Å². The largest absolute Gasteiger partial charge is 0.343 e. The summed E-state index contributed by atoms with van der Waals surface area (Å²) < 4.78 is 28.1. The number of hydrogen-bond acceptors (Lipinski definition) is 2. The van der Waals surface area contributed by atoms with Gasteiger partial charge in [0.15, 0.2) is 5.78 Å². The number of imidazole rings is 1. The lowest BCUT2D eigenvalue weighted by Gasteiger charge is -2.05. The Balaban J connectivity index is 2.26. The van der Waals surface area contributed by atoms with Crippen LogP contribution in [0.15, 0.2) is 35.1 Å². The first-order valence-electron chi connectivity index (χ1n) is 6.61. The quantitative estimate of drug-likeness (QED) is 0.740. The SMILES string of the molecule is Cc1[nH]c2c(C(=O)c3ccc(F)cc3F)ccc(=O)n2c1C. The normalized spacial score (nSPS) is 11.1. The third-order valence-corrected chi connectivity index (χ3v) is 3.70. The Morgan fingerprint density at radius 1 is 1.09 bits per heavy atom. The van der Waals surface area contributed by atoms with Crippen LogP contribution >= 0.6 is 0 Å². The number of halogens is 2. The van der Waals surface area contributed by atoms with Gasteiger partial charge < -0.3 is 4.98 Å². The highest BCUT2D eigenvalue weighted by atomic mass is 19.1. The molecule has 0 bridgehead atoms. The first kappa shape index (κ1) is 14.2. The van der Waals surface area contributed by atoms with Crippen molar-refractivity contribution in [3.63, 3.8) is 0 Å². The van der Waals surface area contributed by atoms with Gasteiger partial charge in [-0.2, -0.15) is 0 Å².